The highest BCUT2D eigenvalue weighted by molar-refractivity contribution is 7.89. The highest BCUT2D eigenvalue weighted by Gasteiger charge is 2.28. The molecule has 0 N–H and O–H groups in total. The van der Waals surface area contributed by atoms with Crippen LogP contribution in [0.2, 0.25) is 0 Å². The zero-order chi connectivity index (χ0) is 13.0. The normalized spacial score (nSPS) is 19.2. The molecule has 0 aromatic carbocycles. The first-order valence-corrected chi connectivity index (χ1v) is 8.08. The molecule has 102 valence electrons. The zero-order valence-corrected chi connectivity index (χ0v) is 11.5. The van der Waals surface area contributed by atoms with Crippen molar-refractivity contribution in [3.8, 4) is 0 Å². The third-order valence-electron chi connectivity index (χ3n) is 3.34. The van der Waals surface area contributed by atoms with Crippen molar-refractivity contribution < 1.29 is 8.42 Å². The summed E-state index contributed by atoms with van der Waals surface area (Å²) in [5, 5.41) is 8.23. The Morgan fingerprint density at radius 2 is 1.83 bits per heavy atom. The van der Waals surface area contributed by atoms with E-state index in [1.165, 1.54) is 0 Å². The van der Waals surface area contributed by atoms with Gasteiger partial charge < -0.3 is 0 Å². The predicted octanol–water partition coefficient (Wildman–Crippen LogP) is 1.04. The lowest BCUT2D eigenvalue weighted by Gasteiger charge is -2.30. The third kappa shape index (κ3) is 3.08. The van der Waals surface area contributed by atoms with Crippen molar-refractivity contribution in [3.63, 3.8) is 0 Å². The number of hydrogen-bond donors (Lipinski definition) is 0. The van der Waals surface area contributed by atoms with Crippen LogP contribution in [-0.2, 0) is 10.0 Å². The molecule has 0 bridgehead atoms. The first-order chi connectivity index (χ1) is 8.63. The first kappa shape index (κ1) is 13.5. The van der Waals surface area contributed by atoms with Gasteiger partial charge in [-0.3, -0.25) is 0 Å². The fourth-order valence-electron chi connectivity index (χ4n) is 2.22. The SMILES string of the molecule is CCCCS(=O)(=O)N1CCC(n2nccn2)CC1. The van der Waals surface area contributed by atoms with E-state index >= 15 is 0 Å². The summed E-state index contributed by atoms with van der Waals surface area (Å²) in [7, 11) is -3.05. The number of sulfonamides is 1. The van der Waals surface area contributed by atoms with Gasteiger partial charge in [-0.15, -0.1) is 0 Å². The molecule has 1 aliphatic rings. The number of piperidine rings is 1. The van der Waals surface area contributed by atoms with Crippen LogP contribution in [0.25, 0.3) is 0 Å². The molecular weight excluding hydrogens is 252 g/mol. The lowest BCUT2D eigenvalue weighted by molar-refractivity contribution is 0.245. The second-order valence-electron chi connectivity index (χ2n) is 4.65. The summed E-state index contributed by atoms with van der Waals surface area (Å²) >= 11 is 0. The largest absolute Gasteiger partial charge is 0.214 e. The van der Waals surface area contributed by atoms with Crippen LogP contribution in [0.3, 0.4) is 0 Å². The van der Waals surface area contributed by atoms with Crippen LogP contribution in [-0.4, -0.2) is 46.6 Å². The van der Waals surface area contributed by atoms with Crippen molar-refractivity contribution in [1.29, 1.82) is 0 Å². The molecule has 6 nitrogen and oxygen atoms in total. The Kier molecular flexibility index (Phi) is 4.34. The molecule has 0 saturated carbocycles. The average Bonchev–Trinajstić information content (AvgIpc) is 2.90. The first-order valence-electron chi connectivity index (χ1n) is 6.47. The van der Waals surface area contributed by atoms with E-state index in [9.17, 15) is 8.42 Å². The fourth-order valence-corrected chi connectivity index (χ4v) is 3.90. The zero-order valence-electron chi connectivity index (χ0n) is 10.7. The second-order valence-corrected chi connectivity index (χ2v) is 6.74. The van der Waals surface area contributed by atoms with E-state index in [4.69, 9.17) is 0 Å². The Morgan fingerprint density at radius 1 is 1.22 bits per heavy atom. The van der Waals surface area contributed by atoms with Gasteiger partial charge in [-0.2, -0.15) is 15.0 Å². The van der Waals surface area contributed by atoms with E-state index in [1.807, 2.05) is 6.92 Å². The van der Waals surface area contributed by atoms with Gasteiger partial charge in [0.1, 0.15) is 0 Å². The van der Waals surface area contributed by atoms with Gasteiger partial charge in [0, 0.05) is 13.1 Å². The van der Waals surface area contributed by atoms with Crippen LogP contribution in [0, 0.1) is 0 Å². The molecule has 0 radical (unpaired) electrons. The number of hydrogen-bond acceptors (Lipinski definition) is 4. The van der Waals surface area contributed by atoms with Crippen LogP contribution >= 0.6 is 0 Å². The Labute approximate surface area is 108 Å². The molecule has 1 aromatic heterocycles. The Morgan fingerprint density at radius 3 is 2.39 bits per heavy atom. The quantitative estimate of drug-likeness (QED) is 0.803. The molecule has 18 heavy (non-hydrogen) atoms. The van der Waals surface area contributed by atoms with Crippen LogP contribution in [0.5, 0.6) is 0 Å². The average molecular weight is 272 g/mol. The molecule has 2 heterocycles. The van der Waals surface area contributed by atoms with Gasteiger partial charge in [0.2, 0.25) is 10.0 Å². The molecular formula is C11H20N4O2S. The Bertz CT molecular complexity index is 449. The van der Waals surface area contributed by atoms with Gasteiger partial charge in [0.25, 0.3) is 0 Å². The summed E-state index contributed by atoms with van der Waals surface area (Å²) in [6.45, 7) is 3.17. The third-order valence-corrected chi connectivity index (χ3v) is 5.29. The lowest BCUT2D eigenvalue weighted by Crippen LogP contribution is -2.40. The van der Waals surface area contributed by atoms with Crippen molar-refractivity contribution in [2.24, 2.45) is 0 Å². The van der Waals surface area contributed by atoms with Gasteiger partial charge in [-0.25, -0.2) is 12.7 Å². The predicted molar refractivity (Wildman–Crippen MR) is 68.6 cm³/mol. The Balaban J connectivity index is 1.90. The number of rotatable bonds is 5. The molecule has 1 saturated heterocycles. The highest BCUT2D eigenvalue weighted by Crippen LogP contribution is 2.22. The second kappa shape index (κ2) is 5.79. The van der Waals surface area contributed by atoms with Gasteiger partial charge in [-0.1, -0.05) is 13.3 Å². The van der Waals surface area contributed by atoms with E-state index in [0.717, 1.165) is 25.7 Å². The van der Waals surface area contributed by atoms with E-state index < -0.39 is 10.0 Å². The van der Waals surface area contributed by atoms with Crippen molar-refractivity contribution >= 4 is 10.0 Å². The molecule has 0 spiro atoms. The lowest BCUT2D eigenvalue weighted by atomic mass is 10.1. The van der Waals surface area contributed by atoms with Crippen LogP contribution < -0.4 is 0 Å². The summed E-state index contributed by atoms with van der Waals surface area (Å²) in [6.07, 6.45) is 6.55. The van der Waals surface area contributed by atoms with Crippen LogP contribution in [0.4, 0.5) is 0 Å². The minimum atomic E-state index is -3.05. The number of nitrogens with zero attached hydrogens (tertiary/aromatic N) is 4. The van der Waals surface area contributed by atoms with Gasteiger partial charge in [0.15, 0.2) is 0 Å². The minimum Gasteiger partial charge on any atom is -0.212 e. The molecule has 0 unspecified atom stereocenters. The summed E-state index contributed by atoms with van der Waals surface area (Å²) in [6, 6.07) is 0.234. The van der Waals surface area contributed by atoms with Crippen LogP contribution in [0.15, 0.2) is 12.4 Å². The highest BCUT2D eigenvalue weighted by atomic mass is 32.2. The van der Waals surface area contributed by atoms with Crippen molar-refractivity contribution in [1.82, 2.24) is 19.3 Å². The number of unbranched alkanes of at least 4 members (excludes halogenated alkanes) is 1. The van der Waals surface area contributed by atoms with E-state index in [0.29, 0.717) is 13.1 Å². The molecule has 0 atom stereocenters. The molecule has 1 fully saturated rings. The maximum absolute atomic E-state index is 12.0. The summed E-state index contributed by atoms with van der Waals surface area (Å²) < 4.78 is 25.7. The maximum atomic E-state index is 12.0. The summed E-state index contributed by atoms with van der Waals surface area (Å²) in [5.74, 6) is 0.272. The smallest absolute Gasteiger partial charge is 0.212 e. The molecule has 1 aromatic rings. The maximum Gasteiger partial charge on any atom is 0.214 e. The molecule has 1 aliphatic heterocycles. The van der Waals surface area contributed by atoms with E-state index in [-0.39, 0.29) is 11.8 Å². The fraction of sp³-hybridized carbons (Fsp3) is 0.818. The summed E-state index contributed by atoms with van der Waals surface area (Å²) in [4.78, 5) is 1.69. The van der Waals surface area contributed by atoms with Crippen molar-refractivity contribution in [2.45, 2.75) is 38.6 Å². The van der Waals surface area contributed by atoms with Crippen molar-refractivity contribution in [3.05, 3.63) is 12.4 Å². The topological polar surface area (TPSA) is 68.1 Å². The van der Waals surface area contributed by atoms with Crippen molar-refractivity contribution in [2.75, 3.05) is 18.8 Å². The molecule has 7 heteroatoms. The van der Waals surface area contributed by atoms with E-state index in [2.05, 4.69) is 10.2 Å². The van der Waals surface area contributed by atoms with Gasteiger partial charge in [0.05, 0.1) is 24.2 Å². The van der Waals surface area contributed by atoms with E-state index in [1.54, 1.807) is 21.5 Å². The molecule has 0 amide bonds. The molecule has 0 aliphatic carbocycles. The standard InChI is InChI=1S/C11H20N4O2S/c1-2-3-10-18(16,17)14-8-4-11(5-9-14)15-12-6-7-13-15/h6-7,11H,2-5,8-10H2,1H3. The minimum absolute atomic E-state index is 0.234. The monoisotopic (exact) mass is 272 g/mol. The summed E-state index contributed by atoms with van der Waals surface area (Å²) in [5.41, 5.74) is 0. The Hall–Kier alpha value is -0.950. The van der Waals surface area contributed by atoms with Gasteiger partial charge in [-0.05, 0) is 19.3 Å². The molecule has 2 rings (SSSR count). The number of aromatic nitrogens is 3. The van der Waals surface area contributed by atoms with Crippen LogP contribution in [0.1, 0.15) is 38.6 Å². The van der Waals surface area contributed by atoms with Gasteiger partial charge >= 0.3 is 0 Å².